The fraction of sp³-hybridized carbons (Fsp3) is 0.174. The lowest BCUT2D eigenvalue weighted by molar-refractivity contribution is -0.119. The van der Waals surface area contributed by atoms with Crippen molar-refractivity contribution in [3.8, 4) is 11.3 Å². The van der Waals surface area contributed by atoms with Crippen LogP contribution in [0.5, 0.6) is 0 Å². The number of carbonyl (C=O) groups excluding carboxylic acids is 2. The van der Waals surface area contributed by atoms with E-state index in [0.29, 0.717) is 29.4 Å². The average molecular weight is 470 g/mol. The van der Waals surface area contributed by atoms with Crippen molar-refractivity contribution < 1.29 is 27.2 Å². The van der Waals surface area contributed by atoms with E-state index in [2.05, 4.69) is 10.5 Å². The highest BCUT2D eigenvalue weighted by Gasteiger charge is 2.20. The van der Waals surface area contributed by atoms with Crippen molar-refractivity contribution in [3.63, 3.8) is 0 Å². The summed E-state index contributed by atoms with van der Waals surface area (Å²) in [5.41, 5.74) is 3.86. The third kappa shape index (κ3) is 6.53. The predicted molar refractivity (Wildman–Crippen MR) is 124 cm³/mol. The molecule has 0 saturated carbocycles. The van der Waals surface area contributed by atoms with Crippen LogP contribution in [-0.4, -0.2) is 45.9 Å². The molecule has 0 unspecified atom stereocenters. The maximum absolute atomic E-state index is 12.2. The van der Waals surface area contributed by atoms with E-state index in [1.807, 2.05) is 0 Å². The molecule has 0 radical (unpaired) electrons. The molecule has 1 aromatic heterocycles. The van der Waals surface area contributed by atoms with Crippen LogP contribution in [0.25, 0.3) is 11.3 Å². The molecular formula is C23H23N3O6S. The van der Waals surface area contributed by atoms with Crippen molar-refractivity contribution in [1.29, 1.82) is 0 Å². The maximum atomic E-state index is 12.2. The molecule has 2 aromatic carbocycles. The van der Waals surface area contributed by atoms with Crippen molar-refractivity contribution in [3.05, 3.63) is 78.1 Å². The molecule has 9 nitrogen and oxygen atoms in total. The number of sulfonamides is 1. The van der Waals surface area contributed by atoms with Gasteiger partial charge < -0.3 is 9.15 Å². The number of esters is 1. The maximum Gasteiger partial charge on any atom is 0.338 e. The minimum absolute atomic E-state index is 0.302. The smallest absolute Gasteiger partial charge is 0.338 e. The summed E-state index contributed by atoms with van der Waals surface area (Å²) >= 11 is 0. The van der Waals surface area contributed by atoms with E-state index in [4.69, 9.17) is 9.15 Å². The second-order valence-electron chi connectivity index (χ2n) is 6.90. The first-order valence-electron chi connectivity index (χ1n) is 10.00. The lowest BCUT2D eigenvalue weighted by Crippen LogP contribution is -2.38. The molecule has 0 spiro atoms. The number of amides is 1. The van der Waals surface area contributed by atoms with Crippen LogP contribution in [0.15, 0.2) is 76.2 Å². The molecule has 3 aromatic rings. The second kappa shape index (κ2) is 10.6. The Labute approximate surface area is 191 Å². The number of benzene rings is 2. The Morgan fingerprint density at radius 3 is 2.39 bits per heavy atom. The van der Waals surface area contributed by atoms with Gasteiger partial charge in [0.2, 0.25) is 10.0 Å². The van der Waals surface area contributed by atoms with Gasteiger partial charge in [-0.05, 0) is 43.3 Å². The largest absolute Gasteiger partial charge is 0.462 e. The van der Waals surface area contributed by atoms with Crippen molar-refractivity contribution in [1.82, 2.24) is 5.43 Å². The number of carbonyl (C=O) groups is 2. The highest BCUT2D eigenvalue weighted by atomic mass is 32.2. The van der Waals surface area contributed by atoms with Crippen molar-refractivity contribution in [2.24, 2.45) is 5.10 Å². The Hall–Kier alpha value is -3.92. The van der Waals surface area contributed by atoms with Gasteiger partial charge in [-0.1, -0.05) is 30.3 Å². The Kier molecular flexibility index (Phi) is 7.62. The summed E-state index contributed by atoms with van der Waals surface area (Å²) in [6, 6.07) is 18.5. The summed E-state index contributed by atoms with van der Waals surface area (Å²) in [5, 5.41) is 3.83. The van der Waals surface area contributed by atoms with Crippen LogP contribution < -0.4 is 9.73 Å². The predicted octanol–water partition coefficient (Wildman–Crippen LogP) is 3.04. The number of hydrazone groups is 1. The quantitative estimate of drug-likeness (QED) is 0.292. The van der Waals surface area contributed by atoms with E-state index in [1.54, 1.807) is 73.7 Å². The van der Waals surface area contributed by atoms with Gasteiger partial charge in [0.05, 0.1) is 30.3 Å². The monoisotopic (exact) mass is 469 g/mol. The van der Waals surface area contributed by atoms with Crippen LogP contribution in [0.1, 0.15) is 23.0 Å². The average Bonchev–Trinajstić information content (AvgIpc) is 3.26. The van der Waals surface area contributed by atoms with Crippen LogP contribution in [0.2, 0.25) is 0 Å². The number of hydrogen-bond acceptors (Lipinski definition) is 7. The van der Waals surface area contributed by atoms with E-state index < -0.39 is 28.4 Å². The molecule has 0 saturated heterocycles. The molecule has 3 rings (SSSR count). The van der Waals surface area contributed by atoms with Crippen molar-refractivity contribution in [2.45, 2.75) is 6.92 Å². The van der Waals surface area contributed by atoms with Gasteiger partial charge in [0, 0.05) is 5.56 Å². The number of ether oxygens (including phenoxy) is 1. The van der Waals surface area contributed by atoms with Crippen LogP contribution >= 0.6 is 0 Å². The molecule has 0 atom stereocenters. The van der Waals surface area contributed by atoms with Gasteiger partial charge in [-0.15, -0.1) is 0 Å². The molecule has 0 aliphatic heterocycles. The van der Waals surface area contributed by atoms with Gasteiger partial charge in [0.1, 0.15) is 18.1 Å². The fourth-order valence-corrected chi connectivity index (χ4v) is 3.75. The standard InChI is InChI=1S/C23H23N3O6S/c1-3-31-23(28)18-11-9-17(10-12-18)21-14-13-20(32-21)15-24-25-22(27)16-26(33(2,29)30)19-7-5-4-6-8-19/h4-15H,3,16H2,1-2H3,(H,25,27)/b24-15-. The second-order valence-corrected chi connectivity index (χ2v) is 8.81. The lowest BCUT2D eigenvalue weighted by atomic mass is 10.1. The molecule has 0 bridgehead atoms. The first kappa shape index (κ1) is 23.7. The number of anilines is 1. The molecule has 33 heavy (non-hydrogen) atoms. The molecule has 172 valence electrons. The minimum Gasteiger partial charge on any atom is -0.462 e. The summed E-state index contributed by atoms with van der Waals surface area (Å²) in [6.45, 7) is 1.62. The highest BCUT2D eigenvalue weighted by Crippen LogP contribution is 2.22. The Bertz CT molecular complexity index is 1230. The number of nitrogens with one attached hydrogen (secondary N) is 1. The van der Waals surface area contributed by atoms with E-state index in [-0.39, 0.29) is 0 Å². The summed E-state index contributed by atoms with van der Waals surface area (Å²) in [4.78, 5) is 24.0. The van der Waals surface area contributed by atoms with Crippen LogP contribution in [0, 0.1) is 0 Å². The van der Waals surface area contributed by atoms with E-state index in [9.17, 15) is 18.0 Å². The number of nitrogens with zero attached hydrogens (tertiary/aromatic N) is 2. The van der Waals surface area contributed by atoms with Gasteiger partial charge in [-0.25, -0.2) is 18.6 Å². The van der Waals surface area contributed by atoms with Gasteiger partial charge in [0.15, 0.2) is 0 Å². The zero-order valence-electron chi connectivity index (χ0n) is 18.1. The summed E-state index contributed by atoms with van der Waals surface area (Å²) in [5.74, 6) is -0.0797. The van der Waals surface area contributed by atoms with Crippen LogP contribution in [-0.2, 0) is 19.6 Å². The SMILES string of the molecule is CCOC(=O)c1ccc(-c2ccc(/C=N\NC(=O)CN(c3ccccc3)S(C)(=O)=O)o2)cc1. The van der Waals surface area contributed by atoms with Gasteiger partial charge in [0.25, 0.3) is 5.91 Å². The molecule has 1 amide bonds. The number of furan rings is 1. The minimum atomic E-state index is -3.66. The van der Waals surface area contributed by atoms with Crippen LogP contribution in [0.4, 0.5) is 5.69 Å². The zero-order valence-corrected chi connectivity index (χ0v) is 18.9. The Balaban J connectivity index is 1.61. The number of rotatable bonds is 9. The molecule has 1 N–H and O–H groups in total. The molecule has 0 fully saturated rings. The number of hydrogen-bond donors (Lipinski definition) is 1. The molecule has 1 heterocycles. The third-order valence-electron chi connectivity index (χ3n) is 4.42. The molecule has 0 aliphatic rings. The normalized spacial score (nSPS) is 11.3. The molecular weight excluding hydrogens is 446 g/mol. The van der Waals surface area contributed by atoms with Gasteiger partial charge in [-0.3, -0.25) is 9.10 Å². The van der Waals surface area contributed by atoms with Crippen molar-refractivity contribution >= 4 is 33.8 Å². The van der Waals surface area contributed by atoms with Crippen LogP contribution in [0.3, 0.4) is 0 Å². The van der Waals surface area contributed by atoms with E-state index in [0.717, 1.165) is 16.1 Å². The Morgan fingerprint density at radius 2 is 1.76 bits per heavy atom. The van der Waals surface area contributed by atoms with Gasteiger partial charge in [-0.2, -0.15) is 5.10 Å². The zero-order chi connectivity index (χ0) is 23.8. The first-order chi connectivity index (χ1) is 15.8. The summed E-state index contributed by atoms with van der Waals surface area (Å²) in [6.07, 6.45) is 2.34. The fourth-order valence-electron chi connectivity index (χ4n) is 2.89. The highest BCUT2D eigenvalue weighted by molar-refractivity contribution is 7.92. The molecule has 0 aliphatic carbocycles. The van der Waals surface area contributed by atoms with Crippen molar-refractivity contribution in [2.75, 3.05) is 23.7 Å². The third-order valence-corrected chi connectivity index (χ3v) is 5.56. The van der Waals surface area contributed by atoms with E-state index in [1.165, 1.54) is 6.21 Å². The molecule has 10 heteroatoms. The summed E-state index contributed by atoms with van der Waals surface area (Å²) < 4.78 is 35.7. The van der Waals surface area contributed by atoms with Gasteiger partial charge >= 0.3 is 5.97 Å². The Morgan fingerprint density at radius 1 is 1.06 bits per heavy atom. The lowest BCUT2D eigenvalue weighted by Gasteiger charge is -2.21. The summed E-state index contributed by atoms with van der Waals surface area (Å²) in [7, 11) is -3.66. The first-order valence-corrected chi connectivity index (χ1v) is 11.8. The topological polar surface area (TPSA) is 118 Å². The number of para-hydroxylation sites is 1. The van der Waals surface area contributed by atoms with E-state index >= 15 is 0 Å².